The van der Waals surface area contributed by atoms with Crippen LogP contribution in [0.15, 0.2) is 48.5 Å². The van der Waals surface area contributed by atoms with E-state index in [-0.39, 0.29) is 24.0 Å². The van der Waals surface area contributed by atoms with Gasteiger partial charge in [-0.1, -0.05) is 0 Å². The lowest BCUT2D eigenvalue weighted by atomic mass is 10.3. The van der Waals surface area contributed by atoms with Gasteiger partial charge in [-0.25, -0.2) is 9.97 Å². The number of fused-ring (bicyclic) bond motifs is 8. The molecule has 0 radical (unpaired) electrons. The second-order valence-electron chi connectivity index (χ2n) is 5.91. The first-order valence-corrected chi connectivity index (χ1v) is 7.85. The van der Waals surface area contributed by atoms with Crippen LogP contribution in [0, 0.1) is 0 Å². The van der Waals surface area contributed by atoms with Crippen LogP contribution in [0.4, 0.5) is 0 Å². The standard InChI is InChI=1S/C20H14N4.HI/c1-2-14-10-16-5-6-18(23-16)12-20-8-7-19(24-20)11-17-4-3-15(22-17)9-13(1)21-14;/h1-12,21,24H;1H. The van der Waals surface area contributed by atoms with E-state index in [2.05, 4.69) is 44.2 Å². The van der Waals surface area contributed by atoms with Crippen LogP contribution in [-0.2, 0) is 0 Å². The van der Waals surface area contributed by atoms with Crippen molar-refractivity contribution in [1.82, 2.24) is 19.9 Å². The first kappa shape index (κ1) is 15.8. The molecule has 2 N–H and O–H groups in total. The number of aromatic nitrogens is 4. The maximum Gasteiger partial charge on any atom is 0.0658 e. The molecule has 2 aliphatic rings. The first-order chi connectivity index (χ1) is 11.8. The van der Waals surface area contributed by atoms with E-state index in [9.17, 15) is 0 Å². The highest BCUT2D eigenvalue weighted by atomic mass is 127. The van der Waals surface area contributed by atoms with Crippen molar-refractivity contribution in [3.05, 3.63) is 71.3 Å². The van der Waals surface area contributed by atoms with Gasteiger partial charge < -0.3 is 9.97 Å². The zero-order chi connectivity index (χ0) is 15.9. The third-order valence-corrected chi connectivity index (χ3v) is 4.04. The van der Waals surface area contributed by atoms with E-state index in [0.717, 1.165) is 44.8 Å². The lowest BCUT2D eigenvalue weighted by Crippen LogP contribution is -1.75. The number of nitrogens with one attached hydrogen (secondary N) is 2. The number of H-pyrrole nitrogens is 2. The molecule has 25 heavy (non-hydrogen) atoms. The van der Waals surface area contributed by atoms with Crippen LogP contribution in [-0.4, -0.2) is 19.9 Å². The van der Waals surface area contributed by atoms with Crippen molar-refractivity contribution in [2.45, 2.75) is 0 Å². The third kappa shape index (κ3) is 3.28. The summed E-state index contributed by atoms with van der Waals surface area (Å²) in [4.78, 5) is 16.0. The zero-order valence-electron chi connectivity index (χ0n) is 13.2. The Labute approximate surface area is 161 Å². The zero-order valence-corrected chi connectivity index (χ0v) is 15.6. The fraction of sp³-hybridized carbons (Fsp3) is 0. The van der Waals surface area contributed by atoms with Crippen molar-refractivity contribution >= 4 is 70.3 Å². The molecule has 0 aliphatic carbocycles. The van der Waals surface area contributed by atoms with Crippen LogP contribution < -0.4 is 0 Å². The third-order valence-electron chi connectivity index (χ3n) is 4.04. The summed E-state index contributed by atoms with van der Waals surface area (Å²) in [6.45, 7) is 0. The van der Waals surface area contributed by atoms with E-state index in [0.29, 0.717) is 0 Å². The van der Waals surface area contributed by atoms with Gasteiger partial charge in [0.2, 0.25) is 0 Å². The van der Waals surface area contributed by atoms with Crippen LogP contribution in [0.1, 0.15) is 22.8 Å². The van der Waals surface area contributed by atoms with Gasteiger partial charge in [0.05, 0.1) is 22.8 Å². The van der Waals surface area contributed by atoms with Crippen molar-refractivity contribution < 1.29 is 0 Å². The average Bonchev–Trinajstić information content (AvgIpc) is 3.32. The van der Waals surface area contributed by atoms with E-state index >= 15 is 0 Å². The largest absolute Gasteiger partial charge is 0.355 e. The molecule has 0 unspecified atom stereocenters. The Hall–Kier alpha value is -2.67. The highest BCUT2D eigenvalue weighted by Crippen LogP contribution is 2.16. The van der Waals surface area contributed by atoms with Gasteiger partial charge in [0.25, 0.3) is 0 Å². The fourth-order valence-corrected chi connectivity index (χ4v) is 2.94. The minimum absolute atomic E-state index is 0. The van der Waals surface area contributed by atoms with Gasteiger partial charge in [0.1, 0.15) is 0 Å². The summed E-state index contributed by atoms with van der Waals surface area (Å²) in [7, 11) is 0. The molecular weight excluding hydrogens is 423 g/mol. The van der Waals surface area contributed by atoms with Gasteiger partial charge >= 0.3 is 0 Å². The first-order valence-electron chi connectivity index (χ1n) is 7.85. The number of hydrogen-bond acceptors (Lipinski definition) is 2. The Morgan fingerprint density at radius 1 is 0.480 bits per heavy atom. The fourth-order valence-electron chi connectivity index (χ4n) is 2.94. The molecule has 0 saturated carbocycles. The molecule has 5 rings (SSSR count). The lowest BCUT2D eigenvalue weighted by Gasteiger charge is -1.85. The van der Waals surface area contributed by atoms with Crippen LogP contribution >= 0.6 is 24.0 Å². The Kier molecular flexibility index (Phi) is 4.01. The Morgan fingerprint density at radius 2 is 0.760 bits per heavy atom. The van der Waals surface area contributed by atoms with Crippen molar-refractivity contribution in [1.29, 1.82) is 0 Å². The lowest BCUT2D eigenvalue weighted by molar-refractivity contribution is 1.31. The van der Waals surface area contributed by atoms with Gasteiger partial charge in [0, 0.05) is 22.1 Å². The van der Waals surface area contributed by atoms with E-state index in [1.807, 2.05) is 48.6 Å². The highest BCUT2D eigenvalue weighted by Gasteiger charge is 2.00. The van der Waals surface area contributed by atoms with E-state index in [4.69, 9.17) is 0 Å². The SMILES string of the molecule is C1=Cc2cc3ccc(cc4nc(cc5ccc(cc1n2)[nH]5)C=C4)[nH]3.I. The molecule has 8 bridgehead atoms. The molecule has 0 aromatic carbocycles. The predicted molar refractivity (Wildman–Crippen MR) is 114 cm³/mol. The number of hydrogen-bond donors (Lipinski definition) is 2. The number of halogens is 1. The van der Waals surface area contributed by atoms with Gasteiger partial charge in [-0.3, -0.25) is 0 Å². The summed E-state index contributed by atoms with van der Waals surface area (Å²) in [6, 6.07) is 16.4. The molecule has 5 heteroatoms. The molecule has 0 spiro atoms. The van der Waals surface area contributed by atoms with Crippen LogP contribution in [0.2, 0.25) is 0 Å². The maximum atomic E-state index is 4.63. The minimum atomic E-state index is 0. The molecular formula is C20H15IN4. The average molecular weight is 438 g/mol. The summed E-state index contributed by atoms with van der Waals surface area (Å²) in [5.74, 6) is 0. The monoisotopic (exact) mass is 438 g/mol. The second-order valence-corrected chi connectivity index (χ2v) is 5.91. The predicted octanol–water partition coefficient (Wildman–Crippen LogP) is 5.27. The van der Waals surface area contributed by atoms with Crippen molar-refractivity contribution in [3.8, 4) is 0 Å². The molecule has 2 aliphatic heterocycles. The second kappa shape index (κ2) is 6.33. The van der Waals surface area contributed by atoms with Gasteiger partial charge in [-0.2, -0.15) is 0 Å². The summed E-state index contributed by atoms with van der Waals surface area (Å²) < 4.78 is 0. The molecule has 3 aromatic rings. The summed E-state index contributed by atoms with van der Waals surface area (Å²) in [6.07, 6.45) is 8.09. The van der Waals surface area contributed by atoms with Crippen molar-refractivity contribution in [2.75, 3.05) is 0 Å². The number of rotatable bonds is 0. The molecule has 5 heterocycles. The maximum absolute atomic E-state index is 4.63. The normalized spacial score (nSPS) is 12.2. The summed E-state index contributed by atoms with van der Waals surface area (Å²) in [5, 5.41) is 0. The minimum Gasteiger partial charge on any atom is -0.355 e. The molecule has 0 saturated heterocycles. The van der Waals surface area contributed by atoms with Gasteiger partial charge in [-0.15, -0.1) is 24.0 Å². The van der Waals surface area contributed by atoms with Gasteiger partial charge in [-0.05, 0) is 72.8 Å². The number of aromatic amines is 2. The van der Waals surface area contributed by atoms with Crippen molar-refractivity contribution in [2.24, 2.45) is 0 Å². The van der Waals surface area contributed by atoms with Crippen LogP contribution in [0.5, 0.6) is 0 Å². The molecule has 0 atom stereocenters. The summed E-state index contributed by atoms with van der Waals surface area (Å²) in [5.41, 5.74) is 7.86. The number of nitrogens with zero attached hydrogens (tertiary/aromatic N) is 2. The van der Waals surface area contributed by atoms with Crippen LogP contribution in [0.25, 0.3) is 46.4 Å². The van der Waals surface area contributed by atoms with E-state index in [1.165, 1.54) is 0 Å². The smallest absolute Gasteiger partial charge is 0.0658 e. The Bertz CT molecular complexity index is 990. The molecule has 3 aromatic heterocycles. The van der Waals surface area contributed by atoms with E-state index < -0.39 is 0 Å². The molecule has 122 valence electrons. The van der Waals surface area contributed by atoms with E-state index in [1.54, 1.807) is 0 Å². The molecule has 0 amide bonds. The van der Waals surface area contributed by atoms with Gasteiger partial charge in [0.15, 0.2) is 0 Å². The molecule has 0 fully saturated rings. The van der Waals surface area contributed by atoms with Crippen molar-refractivity contribution in [3.63, 3.8) is 0 Å². The summed E-state index contributed by atoms with van der Waals surface area (Å²) >= 11 is 0. The Balaban J connectivity index is 0.00000157. The highest BCUT2D eigenvalue weighted by molar-refractivity contribution is 14.0. The Morgan fingerprint density at radius 3 is 1.04 bits per heavy atom. The molecule has 4 nitrogen and oxygen atoms in total. The quantitative estimate of drug-likeness (QED) is 0.324. The topological polar surface area (TPSA) is 57.4 Å². The van der Waals surface area contributed by atoms with Crippen LogP contribution in [0.3, 0.4) is 0 Å².